The lowest BCUT2D eigenvalue weighted by Crippen LogP contribution is -2.36. The number of nitrogens with one attached hydrogen (secondary N) is 1. The van der Waals surface area contributed by atoms with Gasteiger partial charge >= 0.3 is 5.69 Å². The smallest absolute Gasteiger partial charge is 0.313 e. The molecule has 1 unspecified atom stereocenters. The minimum atomic E-state index is -0.840. The van der Waals surface area contributed by atoms with Crippen LogP contribution in [-0.4, -0.2) is 34.3 Å². The Bertz CT molecular complexity index is 1550. The summed E-state index contributed by atoms with van der Waals surface area (Å²) in [6.07, 6.45) is 0.117. The molecule has 1 aliphatic rings. The van der Waals surface area contributed by atoms with E-state index in [0.717, 1.165) is 11.1 Å². The number of anilines is 1. The van der Waals surface area contributed by atoms with Gasteiger partial charge in [0.2, 0.25) is 0 Å². The van der Waals surface area contributed by atoms with Crippen LogP contribution in [0, 0.1) is 12.7 Å². The first-order chi connectivity index (χ1) is 16.2. The molecule has 3 aromatic carbocycles. The number of benzene rings is 3. The quantitative estimate of drug-likeness (QED) is 0.476. The third-order valence-corrected chi connectivity index (χ3v) is 6.57. The number of hydrogen-bond donors (Lipinski definition) is 1. The van der Waals surface area contributed by atoms with Crippen molar-refractivity contribution in [2.45, 2.75) is 19.4 Å². The minimum absolute atomic E-state index is 0.117. The molecule has 1 aromatic heterocycles. The Hall–Kier alpha value is -3.71. The summed E-state index contributed by atoms with van der Waals surface area (Å²) in [4.78, 5) is 34.8. The van der Waals surface area contributed by atoms with Gasteiger partial charge in [0.05, 0.1) is 22.4 Å². The van der Waals surface area contributed by atoms with Crippen LogP contribution in [0.4, 0.5) is 10.1 Å². The van der Waals surface area contributed by atoms with Gasteiger partial charge in [0.1, 0.15) is 11.9 Å². The summed E-state index contributed by atoms with van der Waals surface area (Å²) < 4.78 is 16.3. The summed E-state index contributed by atoms with van der Waals surface area (Å²) in [5, 5.41) is 0.504. The predicted octanol–water partition coefficient (Wildman–Crippen LogP) is 4.39. The SMILES string of the molecule is Cc1cccc(CC2N=C(c3ccc4c(c3)[nH]c(=O)n4C)c3cc(Cl)ccc3N(C)C2=O)c1F. The fourth-order valence-corrected chi connectivity index (χ4v) is 4.61. The van der Waals surface area contributed by atoms with E-state index in [1.165, 1.54) is 4.57 Å². The third-order valence-electron chi connectivity index (χ3n) is 6.34. The lowest BCUT2D eigenvalue weighted by molar-refractivity contribution is -0.119. The number of imidazole rings is 1. The van der Waals surface area contributed by atoms with Crippen molar-refractivity contribution in [3.63, 3.8) is 0 Å². The topological polar surface area (TPSA) is 70.5 Å². The molecule has 1 aliphatic heterocycles. The highest BCUT2D eigenvalue weighted by Gasteiger charge is 2.31. The molecule has 0 radical (unpaired) electrons. The zero-order valence-electron chi connectivity index (χ0n) is 18.9. The van der Waals surface area contributed by atoms with Crippen LogP contribution in [0.15, 0.2) is 64.4 Å². The highest BCUT2D eigenvalue weighted by molar-refractivity contribution is 6.32. The van der Waals surface area contributed by atoms with E-state index in [0.29, 0.717) is 38.6 Å². The summed E-state index contributed by atoms with van der Waals surface area (Å²) in [7, 11) is 3.38. The zero-order chi connectivity index (χ0) is 24.1. The van der Waals surface area contributed by atoms with Crippen LogP contribution in [0.3, 0.4) is 0 Å². The van der Waals surface area contributed by atoms with E-state index in [1.807, 2.05) is 18.2 Å². The van der Waals surface area contributed by atoms with Crippen LogP contribution < -0.4 is 10.6 Å². The van der Waals surface area contributed by atoms with Crippen molar-refractivity contribution in [1.82, 2.24) is 9.55 Å². The number of carbonyl (C=O) groups excluding carboxylic acids is 1. The van der Waals surface area contributed by atoms with Gasteiger partial charge in [0.25, 0.3) is 5.91 Å². The van der Waals surface area contributed by atoms with Gasteiger partial charge in [-0.05, 0) is 48.4 Å². The van der Waals surface area contributed by atoms with E-state index in [2.05, 4.69) is 4.98 Å². The van der Waals surface area contributed by atoms with Gasteiger partial charge in [-0.25, -0.2) is 9.18 Å². The van der Waals surface area contributed by atoms with Crippen molar-refractivity contribution in [2.24, 2.45) is 12.0 Å². The molecule has 5 rings (SSSR count). The zero-order valence-corrected chi connectivity index (χ0v) is 19.7. The number of nitrogens with zero attached hydrogens (tertiary/aromatic N) is 3. The van der Waals surface area contributed by atoms with Crippen molar-refractivity contribution in [3.8, 4) is 0 Å². The Labute approximate surface area is 200 Å². The van der Waals surface area contributed by atoms with Gasteiger partial charge in [0.15, 0.2) is 0 Å². The average molecular weight is 477 g/mol. The van der Waals surface area contributed by atoms with Crippen molar-refractivity contribution < 1.29 is 9.18 Å². The Balaban J connectivity index is 1.71. The van der Waals surface area contributed by atoms with Crippen LogP contribution >= 0.6 is 11.6 Å². The Morgan fingerprint density at radius 3 is 2.68 bits per heavy atom. The summed E-state index contributed by atoms with van der Waals surface area (Å²) in [6, 6.07) is 15.1. The summed E-state index contributed by atoms with van der Waals surface area (Å²) >= 11 is 6.33. The largest absolute Gasteiger partial charge is 0.326 e. The monoisotopic (exact) mass is 476 g/mol. The van der Waals surface area contributed by atoms with Crippen molar-refractivity contribution in [2.75, 3.05) is 11.9 Å². The maximum atomic E-state index is 14.8. The first kappa shape index (κ1) is 22.1. The molecule has 0 bridgehead atoms. The highest BCUT2D eigenvalue weighted by Crippen LogP contribution is 2.32. The van der Waals surface area contributed by atoms with E-state index in [1.54, 1.807) is 62.3 Å². The lowest BCUT2D eigenvalue weighted by atomic mass is 9.99. The fourth-order valence-electron chi connectivity index (χ4n) is 4.43. The molecule has 0 fully saturated rings. The molecule has 0 saturated heterocycles. The number of halogens is 2. The van der Waals surface area contributed by atoms with Gasteiger partial charge in [-0.1, -0.05) is 35.9 Å². The molecule has 1 amide bonds. The number of aliphatic imine (C=N–C) groups is 1. The number of rotatable bonds is 3. The summed E-state index contributed by atoms with van der Waals surface area (Å²) in [6.45, 7) is 1.70. The number of aryl methyl sites for hydroxylation is 2. The van der Waals surface area contributed by atoms with Gasteiger partial charge in [-0.15, -0.1) is 0 Å². The van der Waals surface area contributed by atoms with Crippen LogP contribution in [0.1, 0.15) is 22.3 Å². The maximum Gasteiger partial charge on any atom is 0.326 e. The second-order valence-corrected chi connectivity index (χ2v) is 8.96. The van der Waals surface area contributed by atoms with Crippen LogP contribution in [-0.2, 0) is 18.3 Å². The maximum absolute atomic E-state index is 14.8. The fraction of sp³-hybridized carbons (Fsp3) is 0.192. The second kappa shape index (κ2) is 8.25. The molecule has 172 valence electrons. The summed E-state index contributed by atoms with van der Waals surface area (Å²) in [5.41, 5.74) is 4.75. The third kappa shape index (κ3) is 3.62. The Morgan fingerprint density at radius 1 is 1.09 bits per heavy atom. The van der Waals surface area contributed by atoms with E-state index in [9.17, 15) is 14.0 Å². The first-order valence-corrected chi connectivity index (χ1v) is 11.2. The van der Waals surface area contributed by atoms with Crippen LogP contribution in [0.5, 0.6) is 0 Å². The molecule has 34 heavy (non-hydrogen) atoms. The molecule has 1 atom stereocenters. The van der Waals surface area contributed by atoms with Crippen molar-refractivity contribution in [3.05, 3.63) is 98.2 Å². The number of likely N-dealkylation sites (N-methyl/N-ethyl adjacent to an activating group) is 1. The second-order valence-electron chi connectivity index (χ2n) is 8.53. The molecule has 0 saturated carbocycles. The molecule has 4 aromatic rings. The number of carbonyl (C=O) groups is 1. The Kier molecular flexibility index (Phi) is 5.37. The number of fused-ring (bicyclic) bond motifs is 2. The van der Waals surface area contributed by atoms with Gasteiger partial charge in [-0.2, -0.15) is 0 Å². The molecule has 0 spiro atoms. The summed E-state index contributed by atoms with van der Waals surface area (Å²) in [5.74, 6) is -0.573. The normalized spacial score (nSPS) is 15.9. The minimum Gasteiger partial charge on any atom is -0.313 e. The van der Waals surface area contributed by atoms with E-state index in [4.69, 9.17) is 16.6 Å². The average Bonchev–Trinajstić information content (AvgIpc) is 3.05. The first-order valence-electron chi connectivity index (χ1n) is 10.8. The number of amides is 1. The van der Waals surface area contributed by atoms with Crippen molar-refractivity contribution in [1.29, 1.82) is 0 Å². The standard InChI is InChI=1S/C26H22ClFN4O2/c1-14-5-4-6-15(23(14)28)11-20-25(33)31(2)21-10-8-17(27)13-18(21)24(29-20)16-7-9-22-19(12-16)30-26(34)32(22)3/h4-10,12-13,20H,11H2,1-3H3,(H,30,34). The number of hydrogen-bond acceptors (Lipinski definition) is 3. The number of H-pyrrole nitrogens is 1. The van der Waals surface area contributed by atoms with Crippen LogP contribution in [0.25, 0.3) is 11.0 Å². The van der Waals surface area contributed by atoms with Crippen LogP contribution in [0.2, 0.25) is 5.02 Å². The molecule has 0 aliphatic carbocycles. The highest BCUT2D eigenvalue weighted by atomic mass is 35.5. The van der Waals surface area contributed by atoms with Gasteiger partial charge in [0, 0.05) is 36.7 Å². The molecule has 6 nitrogen and oxygen atoms in total. The van der Waals surface area contributed by atoms with Crippen molar-refractivity contribution >= 4 is 39.9 Å². The lowest BCUT2D eigenvalue weighted by Gasteiger charge is -2.21. The Morgan fingerprint density at radius 2 is 1.88 bits per heavy atom. The molecule has 2 heterocycles. The number of benzodiazepines with no additional fused rings is 1. The number of aromatic nitrogens is 2. The number of aromatic amines is 1. The van der Waals surface area contributed by atoms with E-state index < -0.39 is 6.04 Å². The predicted molar refractivity (Wildman–Crippen MR) is 133 cm³/mol. The van der Waals surface area contributed by atoms with E-state index >= 15 is 0 Å². The van der Waals surface area contributed by atoms with Gasteiger partial charge in [-0.3, -0.25) is 14.4 Å². The molecular formula is C26H22ClFN4O2. The molecular weight excluding hydrogens is 455 g/mol. The van der Waals surface area contributed by atoms with Gasteiger partial charge < -0.3 is 9.88 Å². The molecule has 8 heteroatoms. The molecule has 1 N–H and O–H groups in total. The van der Waals surface area contributed by atoms with E-state index in [-0.39, 0.29) is 23.8 Å².